The fourth-order valence-corrected chi connectivity index (χ4v) is 2.69. The second-order valence-corrected chi connectivity index (χ2v) is 5.10. The average molecular weight is 305 g/mol. The first-order chi connectivity index (χ1) is 10.7. The average Bonchev–Trinajstić information content (AvgIpc) is 2.57. The molecule has 1 atom stereocenters. The van der Waals surface area contributed by atoms with Crippen molar-refractivity contribution in [3.8, 4) is 11.5 Å². The van der Waals surface area contributed by atoms with Crippen molar-refractivity contribution >= 4 is 10.8 Å². The normalized spacial score (nSPS) is 18.4. The number of benzene rings is 1. The molecule has 0 N–H and O–H groups in total. The summed E-state index contributed by atoms with van der Waals surface area (Å²) in [6, 6.07) is 5.36. The molecule has 3 rings (SSSR count). The van der Waals surface area contributed by atoms with Crippen molar-refractivity contribution < 1.29 is 18.9 Å². The molecule has 22 heavy (non-hydrogen) atoms. The monoisotopic (exact) mass is 305 g/mol. The molecule has 6 heteroatoms. The quantitative estimate of drug-likeness (QED) is 0.855. The number of pyridine rings is 1. The summed E-state index contributed by atoms with van der Waals surface area (Å²) in [6.45, 7) is 2.16. The highest BCUT2D eigenvalue weighted by Gasteiger charge is 2.17. The van der Waals surface area contributed by atoms with E-state index in [-0.39, 0.29) is 11.7 Å². The summed E-state index contributed by atoms with van der Waals surface area (Å²) < 4.78 is 23.3. The van der Waals surface area contributed by atoms with Gasteiger partial charge in [0.2, 0.25) is 0 Å². The van der Waals surface area contributed by atoms with Crippen molar-refractivity contribution in [2.45, 2.75) is 12.6 Å². The Labute approximate surface area is 128 Å². The van der Waals surface area contributed by atoms with Crippen LogP contribution in [0.25, 0.3) is 10.8 Å². The Morgan fingerprint density at radius 2 is 2.05 bits per heavy atom. The Bertz CT molecular complexity index is 718. The molecule has 1 aromatic carbocycles. The van der Waals surface area contributed by atoms with Gasteiger partial charge in [-0.2, -0.15) is 0 Å². The van der Waals surface area contributed by atoms with Crippen LogP contribution in [0.4, 0.5) is 0 Å². The highest BCUT2D eigenvalue weighted by atomic mass is 16.6. The lowest BCUT2D eigenvalue weighted by atomic mass is 10.1. The van der Waals surface area contributed by atoms with E-state index < -0.39 is 0 Å². The highest BCUT2D eigenvalue weighted by Crippen LogP contribution is 2.33. The van der Waals surface area contributed by atoms with Gasteiger partial charge in [-0.25, -0.2) is 0 Å². The van der Waals surface area contributed by atoms with Crippen molar-refractivity contribution in [1.29, 1.82) is 0 Å². The lowest BCUT2D eigenvalue weighted by Gasteiger charge is -2.23. The molecule has 0 saturated carbocycles. The van der Waals surface area contributed by atoms with E-state index in [4.69, 9.17) is 18.9 Å². The van der Waals surface area contributed by atoms with E-state index >= 15 is 0 Å². The zero-order valence-corrected chi connectivity index (χ0v) is 12.7. The summed E-state index contributed by atoms with van der Waals surface area (Å²) in [5, 5.41) is 1.33. The van der Waals surface area contributed by atoms with Crippen molar-refractivity contribution in [3.63, 3.8) is 0 Å². The van der Waals surface area contributed by atoms with E-state index in [1.165, 1.54) is 0 Å². The Morgan fingerprint density at radius 1 is 1.18 bits per heavy atom. The van der Waals surface area contributed by atoms with Gasteiger partial charge in [0, 0.05) is 11.6 Å². The summed E-state index contributed by atoms with van der Waals surface area (Å²) >= 11 is 0. The van der Waals surface area contributed by atoms with Gasteiger partial charge in [-0.05, 0) is 18.2 Å². The molecule has 2 aromatic rings. The molecule has 1 aliphatic rings. The van der Waals surface area contributed by atoms with Crippen LogP contribution in [-0.4, -0.2) is 44.7 Å². The number of aromatic nitrogens is 1. The van der Waals surface area contributed by atoms with E-state index in [0.717, 1.165) is 5.39 Å². The molecule has 0 bridgehead atoms. The summed E-state index contributed by atoms with van der Waals surface area (Å²) in [7, 11) is 3.14. The molecule has 1 fully saturated rings. The van der Waals surface area contributed by atoms with E-state index in [2.05, 4.69) is 0 Å². The van der Waals surface area contributed by atoms with Crippen LogP contribution >= 0.6 is 0 Å². The summed E-state index contributed by atoms with van der Waals surface area (Å²) in [5.74, 6) is 1.18. The van der Waals surface area contributed by atoms with Gasteiger partial charge in [0.25, 0.3) is 5.56 Å². The molecule has 2 heterocycles. The van der Waals surface area contributed by atoms with Gasteiger partial charge in [-0.1, -0.05) is 0 Å². The van der Waals surface area contributed by atoms with Gasteiger partial charge in [-0.3, -0.25) is 4.79 Å². The number of nitrogens with zero attached hydrogens (tertiary/aromatic N) is 1. The standard InChI is InChI=1S/C16H19NO5/c1-19-14-4-3-13-12(15(14)20-2)5-6-17(16(13)18)9-11-10-21-7-8-22-11/h3-6,11H,7-10H2,1-2H3. The first-order valence-corrected chi connectivity index (χ1v) is 7.18. The van der Waals surface area contributed by atoms with Gasteiger partial charge in [0.1, 0.15) is 0 Å². The smallest absolute Gasteiger partial charge is 0.258 e. The summed E-state index contributed by atoms with van der Waals surface area (Å²) in [6.07, 6.45) is 1.66. The first kappa shape index (κ1) is 14.9. The van der Waals surface area contributed by atoms with Gasteiger partial charge >= 0.3 is 0 Å². The minimum Gasteiger partial charge on any atom is -0.493 e. The zero-order chi connectivity index (χ0) is 15.5. The van der Waals surface area contributed by atoms with Gasteiger partial charge in [0.15, 0.2) is 11.5 Å². The molecule has 0 spiro atoms. The maximum Gasteiger partial charge on any atom is 0.258 e. The second-order valence-electron chi connectivity index (χ2n) is 5.10. The van der Waals surface area contributed by atoms with Crippen molar-refractivity contribution in [2.75, 3.05) is 34.0 Å². The number of hydrogen-bond acceptors (Lipinski definition) is 5. The minimum absolute atomic E-state index is 0.0763. The Balaban J connectivity index is 2.00. The molecular formula is C16H19NO5. The summed E-state index contributed by atoms with van der Waals surface area (Å²) in [5.41, 5.74) is -0.0763. The Morgan fingerprint density at radius 3 is 2.73 bits per heavy atom. The van der Waals surface area contributed by atoms with Crippen LogP contribution in [0, 0.1) is 0 Å². The predicted molar refractivity (Wildman–Crippen MR) is 81.9 cm³/mol. The van der Waals surface area contributed by atoms with Crippen LogP contribution in [0.15, 0.2) is 29.2 Å². The maximum absolute atomic E-state index is 12.6. The molecule has 0 amide bonds. The van der Waals surface area contributed by atoms with E-state index in [9.17, 15) is 4.79 Å². The van der Waals surface area contributed by atoms with E-state index in [1.807, 2.05) is 6.07 Å². The van der Waals surface area contributed by atoms with Gasteiger partial charge < -0.3 is 23.5 Å². The van der Waals surface area contributed by atoms with Crippen LogP contribution < -0.4 is 15.0 Å². The molecule has 118 valence electrons. The first-order valence-electron chi connectivity index (χ1n) is 7.18. The minimum atomic E-state index is -0.0935. The molecule has 1 aliphatic heterocycles. The van der Waals surface area contributed by atoms with Crippen molar-refractivity contribution in [2.24, 2.45) is 0 Å². The van der Waals surface area contributed by atoms with Crippen molar-refractivity contribution in [1.82, 2.24) is 4.57 Å². The Kier molecular flexibility index (Phi) is 4.31. The fraction of sp³-hybridized carbons (Fsp3) is 0.438. The van der Waals surface area contributed by atoms with Gasteiger partial charge in [-0.15, -0.1) is 0 Å². The van der Waals surface area contributed by atoms with Gasteiger partial charge in [0.05, 0.1) is 52.1 Å². The van der Waals surface area contributed by atoms with Crippen LogP contribution in [0.5, 0.6) is 11.5 Å². The molecule has 6 nitrogen and oxygen atoms in total. The van der Waals surface area contributed by atoms with E-state index in [0.29, 0.717) is 43.3 Å². The number of hydrogen-bond donors (Lipinski definition) is 0. The third-order valence-electron chi connectivity index (χ3n) is 3.78. The topological polar surface area (TPSA) is 58.9 Å². The number of fused-ring (bicyclic) bond motifs is 1. The van der Waals surface area contributed by atoms with Crippen LogP contribution in [0.1, 0.15) is 0 Å². The third-order valence-corrected chi connectivity index (χ3v) is 3.78. The molecule has 0 aliphatic carbocycles. The number of ether oxygens (including phenoxy) is 4. The highest BCUT2D eigenvalue weighted by molar-refractivity contribution is 5.90. The fourth-order valence-electron chi connectivity index (χ4n) is 2.69. The SMILES string of the molecule is COc1ccc2c(=O)n(CC3COCCO3)ccc2c1OC. The predicted octanol–water partition coefficient (Wildman–Crippen LogP) is 1.43. The molecule has 1 aromatic heterocycles. The van der Waals surface area contributed by atoms with Crippen molar-refractivity contribution in [3.05, 3.63) is 34.7 Å². The molecule has 1 unspecified atom stereocenters. The maximum atomic E-state index is 12.6. The van der Waals surface area contributed by atoms with Crippen LogP contribution in [-0.2, 0) is 16.0 Å². The number of methoxy groups -OCH3 is 2. The second kappa shape index (κ2) is 6.37. The molecular weight excluding hydrogens is 286 g/mol. The van der Waals surface area contributed by atoms with Crippen LogP contribution in [0.3, 0.4) is 0 Å². The lowest BCUT2D eigenvalue weighted by Crippen LogP contribution is -2.35. The largest absolute Gasteiger partial charge is 0.493 e. The third kappa shape index (κ3) is 2.67. The van der Waals surface area contributed by atoms with E-state index in [1.54, 1.807) is 37.1 Å². The van der Waals surface area contributed by atoms with Crippen LogP contribution in [0.2, 0.25) is 0 Å². The molecule has 0 radical (unpaired) electrons. The number of rotatable bonds is 4. The lowest BCUT2D eigenvalue weighted by molar-refractivity contribution is -0.0938. The Hall–Kier alpha value is -2.05. The summed E-state index contributed by atoms with van der Waals surface area (Å²) in [4.78, 5) is 12.6. The molecule has 1 saturated heterocycles. The zero-order valence-electron chi connectivity index (χ0n) is 12.7.